The lowest BCUT2D eigenvalue weighted by atomic mass is 10.2. The largest absolute Gasteiger partial charge is 0.349 e. The van der Waals surface area contributed by atoms with Gasteiger partial charge in [0, 0.05) is 6.42 Å². The van der Waals surface area contributed by atoms with Crippen molar-refractivity contribution in [1.29, 1.82) is 0 Å². The fourth-order valence-electron chi connectivity index (χ4n) is 2.46. The highest BCUT2D eigenvalue weighted by atomic mass is 19.1. The molecule has 2 aromatic carbocycles. The Balaban J connectivity index is 2.19. The average molecular weight is 325 g/mol. The summed E-state index contributed by atoms with van der Waals surface area (Å²) in [6, 6.07) is 12.6. The van der Waals surface area contributed by atoms with E-state index in [1.165, 1.54) is 28.8 Å². The number of aromatic nitrogens is 2. The van der Waals surface area contributed by atoms with Crippen LogP contribution >= 0.6 is 0 Å². The van der Waals surface area contributed by atoms with E-state index in [9.17, 15) is 14.0 Å². The van der Waals surface area contributed by atoms with Crippen LogP contribution in [-0.4, -0.2) is 15.5 Å². The van der Waals surface area contributed by atoms with Crippen LogP contribution in [0.1, 0.15) is 19.2 Å². The molecule has 0 unspecified atom stereocenters. The topological polar surface area (TPSA) is 64.0 Å². The molecular weight excluding hydrogens is 309 g/mol. The Kier molecular flexibility index (Phi) is 4.37. The van der Waals surface area contributed by atoms with Crippen molar-refractivity contribution in [2.45, 2.75) is 19.9 Å². The van der Waals surface area contributed by atoms with E-state index in [1.807, 2.05) is 0 Å². The molecule has 0 aliphatic carbocycles. The lowest BCUT2D eigenvalue weighted by molar-refractivity contribution is -0.120. The van der Waals surface area contributed by atoms with Gasteiger partial charge in [0.15, 0.2) is 0 Å². The lowest BCUT2D eigenvalue weighted by Gasteiger charge is -2.14. The van der Waals surface area contributed by atoms with E-state index in [0.717, 1.165) is 0 Å². The number of halogens is 1. The summed E-state index contributed by atoms with van der Waals surface area (Å²) in [5.74, 6) is -0.128. The van der Waals surface area contributed by atoms with Crippen LogP contribution in [-0.2, 0) is 11.3 Å². The van der Waals surface area contributed by atoms with Crippen molar-refractivity contribution in [2.24, 2.45) is 0 Å². The normalized spacial score (nSPS) is 10.8. The molecule has 0 atom stereocenters. The summed E-state index contributed by atoms with van der Waals surface area (Å²) in [5, 5.41) is 3.19. The highest BCUT2D eigenvalue weighted by molar-refractivity contribution is 5.78. The van der Waals surface area contributed by atoms with Crippen molar-refractivity contribution in [2.75, 3.05) is 0 Å². The first-order chi connectivity index (χ1) is 11.6. The number of amides is 1. The predicted octanol–water partition coefficient (Wildman–Crippen LogP) is 2.55. The first-order valence-electron chi connectivity index (χ1n) is 7.63. The van der Waals surface area contributed by atoms with Gasteiger partial charge in [-0.2, -0.15) is 0 Å². The monoisotopic (exact) mass is 325 g/mol. The molecule has 0 fully saturated rings. The summed E-state index contributed by atoms with van der Waals surface area (Å²) in [7, 11) is 0. The summed E-state index contributed by atoms with van der Waals surface area (Å²) in [5.41, 5.74) is 0.801. The number of hydrogen-bond donors (Lipinski definition) is 1. The number of carbonyl (C=O) groups is 1. The van der Waals surface area contributed by atoms with Gasteiger partial charge in [-0.15, -0.1) is 0 Å². The van der Waals surface area contributed by atoms with Gasteiger partial charge in [-0.25, -0.2) is 9.37 Å². The Morgan fingerprint density at radius 1 is 1.17 bits per heavy atom. The number of benzene rings is 2. The summed E-state index contributed by atoms with van der Waals surface area (Å²) in [4.78, 5) is 28.9. The molecule has 0 saturated heterocycles. The second-order valence-corrected chi connectivity index (χ2v) is 5.29. The minimum absolute atomic E-state index is 0.115. The third-order valence-electron chi connectivity index (χ3n) is 3.69. The number of nitrogens with zero attached hydrogens (tertiary/aromatic N) is 2. The maximum absolute atomic E-state index is 13.2. The zero-order valence-corrected chi connectivity index (χ0v) is 13.1. The highest BCUT2D eigenvalue weighted by Crippen LogP contribution is 2.13. The van der Waals surface area contributed by atoms with Crippen LogP contribution in [0, 0.1) is 5.82 Å². The number of nitrogens with one attached hydrogen (secondary N) is 1. The molecule has 122 valence electrons. The maximum atomic E-state index is 13.2. The van der Waals surface area contributed by atoms with Gasteiger partial charge < -0.3 is 5.32 Å². The Morgan fingerprint density at radius 2 is 1.88 bits per heavy atom. The van der Waals surface area contributed by atoms with Crippen LogP contribution in [0.2, 0.25) is 0 Å². The lowest BCUT2D eigenvalue weighted by Crippen LogP contribution is -2.29. The minimum atomic E-state index is -0.388. The van der Waals surface area contributed by atoms with E-state index < -0.39 is 0 Å². The number of hydrogen-bond acceptors (Lipinski definition) is 3. The van der Waals surface area contributed by atoms with Crippen LogP contribution in [0.3, 0.4) is 0 Å². The molecule has 1 heterocycles. The number of para-hydroxylation sites is 1. The van der Waals surface area contributed by atoms with E-state index in [4.69, 9.17) is 0 Å². The van der Waals surface area contributed by atoms with Crippen LogP contribution in [0.5, 0.6) is 0 Å². The fourth-order valence-corrected chi connectivity index (χ4v) is 2.46. The summed E-state index contributed by atoms with van der Waals surface area (Å²) in [6.45, 7) is 1.86. The van der Waals surface area contributed by atoms with Gasteiger partial charge in [0.2, 0.25) is 5.91 Å². The second-order valence-electron chi connectivity index (χ2n) is 5.29. The van der Waals surface area contributed by atoms with Crippen molar-refractivity contribution in [3.05, 3.63) is 70.5 Å². The molecule has 0 radical (unpaired) electrons. The van der Waals surface area contributed by atoms with Crippen LogP contribution in [0.25, 0.3) is 16.6 Å². The smallest absolute Gasteiger partial charge is 0.266 e. The SMILES string of the molecule is CCC(=O)NCc1nc2ccccc2c(=O)n1-c1ccc(F)cc1. The van der Waals surface area contributed by atoms with Crippen molar-refractivity contribution < 1.29 is 9.18 Å². The molecule has 0 saturated carbocycles. The van der Waals surface area contributed by atoms with E-state index in [2.05, 4.69) is 10.3 Å². The van der Waals surface area contributed by atoms with Crippen molar-refractivity contribution in [3.8, 4) is 5.69 Å². The van der Waals surface area contributed by atoms with Crippen LogP contribution < -0.4 is 10.9 Å². The molecule has 3 aromatic rings. The molecule has 3 rings (SSSR count). The van der Waals surface area contributed by atoms with E-state index in [0.29, 0.717) is 28.8 Å². The van der Waals surface area contributed by atoms with E-state index >= 15 is 0 Å². The second kappa shape index (κ2) is 6.62. The summed E-state index contributed by atoms with van der Waals surface area (Å²) < 4.78 is 14.6. The molecule has 0 spiro atoms. The molecule has 0 bridgehead atoms. The molecule has 24 heavy (non-hydrogen) atoms. The fraction of sp³-hybridized carbons (Fsp3) is 0.167. The maximum Gasteiger partial charge on any atom is 0.266 e. The Morgan fingerprint density at radius 3 is 2.58 bits per heavy atom. The third-order valence-corrected chi connectivity index (χ3v) is 3.69. The standard InChI is InChI=1S/C18H16FN3O2/c1-2-17(23)20-11-16-21-15-6-4-3-5-14(15)18(24)22(16)13-9-7-12(19)8-10-13/h3-10H,2,11H2,1H3,(H,20,23). The van der Waals surface area contributed by atoms with Crippen molar-refractivity contribution in [3.63, 3.8) is 0 Å². The van der Waals surface area contributed by atoms with Gasteiger partial charge in [-0.1, -0.05) is 19.1 Å². The quantitative estimate of drug-likeness (QED) is 0.802. The predicted molar refractivity (Wildman–Crippen MR) is 89.4 cm³/mol. The average Bonchev–Trinajstić information content (AvgIpc) is 2.61. The molecule has 6 heteroatoms. The van der Waals surface area contributed by atoms with Crippen molar-refractivity contribution >= 4 is 16.8 Å². The number of rotatable bonds is 4. The summed E-state index contributed by atoms with van der Waals surface area (Å²) in [6.07, 6.45) is 0.342. The zero-order chi connectivity index (χ0) is 17.1. The van der Waals surface area contributed by atoms with Gasteiger partial charge in [0.25, 0.3) is 5.56 Å². The van der Waals surface area contributed by atoms with Crippen LogP contribution in [0.4, 0.5) is 4.39 Å². The summed E-state index contributed by atoms with van der Waals surface area (Å²) >= 11 is 0. The Labute approximate surface area is 137 Å². The molecule has 5 nitrogen and oxygen atoms in total. The van der Waals surface area contributed by atoms with E-state index in [-0.39, 0.29) is 23.8 Å². The molecule has 0 aliphatic heterocycles. The molecule has 0 aliphatic rings. The first-order valence-corrected chi connectivity index (χ1v) is 7.63. The zero-order valence-electron chi connectivity index (χ0n) is 13.1. The van der Waals surface area contributed by atoms with Gasteiger partial charge in [-0.3, -0.25) is 14.2 Å². The van der Waals surface area contributed by atoms with Crippen LogP contribution in [0.15, 0.2) is 53.3 Å². The first kappa shape index (κ1) is 15.9. The molecule has 1 amide bonds. The van der Waals surface area contributed by atoms with Gasteiger partial charge >= 0.3 is 0 Å². The Hall–Kier alpha value is -3.02. The van der Waals surface area contributed by atoms with Crippen molar-refractivity contribution in [1.82, 2.24) is 14.9 Å². The molecule has 1 aromatic heterocycles. The number of carbonyl (C=O) groups excluding carboxylic acids is 1. The minimum Gasteiger partial charge on any atom is -0.349 e. The Bertz CT molecular complexity index is 949. The molecule has 1 N–H and O–H groups in total. The van der Waals surface area contributed by atoms with Gasteiger partial charge in [-0.05, 0) is 36.4 Å². The highest BCUT2D eigenvalue weighted by Gasteiger charge is 2.13. The number of fused-ring (bicyclic) bond motifs is 1. The third kappa shape index (κ3) is 3.03. The van der Waals surface area contributed by atoms with Gasteiger partial charge in [0.1, 0.15) is 11.6 Å². The van der Waals surface area contributed by atoms with Gasteiger partial charge in [0.05, 0.1) is 23.1 Å². The molecular formula is C18H16FN3O2. The van der Waals surface area contributed by atoms with E-state index in [1.54, 1.807) is 31.2 Å².